The van der Waals surface area contributed by atoms with E-state index in [1.165, 1.54) is 0 Å². The minimum atomic E-state index is 0.121. The normalized spacial score (nSPS) is 10.8. The van der Waals surface area contributed by atoms with Crippen molar-refractivity contribution in [2.24, 2.45) is 0 Å². The average molecular weight is 393 g/mol. The van der Waals surface area contributed by atoms with Crippen LogP contribution in [0.3, 0.4) is 0 Å². The minimum absolute atomic E-state index is 0.121. The minimum Gasteiger partial charge on any atom is -0.507 e. The number of phenols is 1. The molecule has 0 aliphatic rings. The van der Waals surface area contributed by atoms with Gasteiger partial charge in [-0.05, 0) is 58.8 Å². The Kier molecular flexibility index (Phi) is 3.87. The number of halogens is 1. The topological polar surface area (TPSA) is 72.0 Å². The summed E-state index contributed by atoms with van der Waals surface area (Å²) in [7, 11) is 0. The summed E-state index contributed by atoms with van der Waals surface area (Å²) in [5, 5.41) is 13.9. The largest absolute Gasteiger partial charge is 0.507 e. The maximum absolute atomic E-state index is 9.93. The summed E-state index contributed by atoms with van der Waals surface area (Å²) in [5.74, 6) is 0.929. The summed E-state index contributed by atoms with van der Waals surface area (Å²) in [5.41, 5.74) is 2.48. The number of aryl methyl sites for hydroxylation is 1. The molecule has 1 N–H and O–H groups in total. The van der Waals surface area contributed by atoms with Crippen LogP contribution in [0.1, 0.15) is 12.5 Å². The molecule has 21 heavy (non-hydrogen) atoms. The Hall–Kier alpha value is -1.96. The summed E-state index contributed by atoms with van der Waals surface area (Å²) in [4.78, 5) is 8.50. The Balaban J connectivity index is 2.06. The first kappa shape index (κ1) is 14.0. The maximum Gasteiger partial charge on any atom is 0.262 e. The van der Waals surface area contributed by atoms with Crippen LogP contribution < -0.4 is 0 Å². The molecule has 1 aromatic carbocycles. The molecular formula is C15H12IN3O2. The number of nitrogens with zero attached hydrogens (tertiary/aromatic N) is 3. The summed E-state index contributed by atoms with van der Waals surface area (Å²) in [6.07, 6.45) is 4.34. The molecule has 3 rings (SSSR count). The molecule has 3 aromatic rings. The van der Waals surface area contributed by atoms with Crippen molar-refractivity contribution < 1.29 is 9.63 Å². The second-order valence-electron chi connectivity index (χ2n) is 4.47. The zero-order chi connectivity index (χ0) is 14.8. The molecule has 0 saturated carbocycles. The first-order chi connectivity index (χ1) is 10.2. The average Bonchev–Trinajstić information content (AvgIpc) is 2.99. The Morgan fingerprint density at radius 1 is 1.24 bits per heavy atom. The third-order valence-electron chi connectivity index (χ3n) is 3.14. The summed E-state index contributed by atoms with van der Waals surface area (Å²) < 4.78 is 6.28. The Bertz CT molecular complexity index is 786. The lowest BCUT2D eigenvalue weighted by atomic mass is 10.1. The van der Waals surface area contributed by atoms with Gasteiger partial charge in [-0.2, -0.15) is 4.98 Å². The van der Waals surface area contributed by atoms with Crippen LogP contribution >= 0.6 is 22.6 Å². The fraction of sp³-hybridized carbons (Fsp3) is 0.133. The van der Waals surface area contributed by atoms with Crippen LogP contribution in [0.2, 0.25) is 0 Å². The molecule has 106 valence electrons. The number of aromatic nitrogens is 3. The molecule has 6 heteroatoms. The fourth-order valence-corrected chi connectivity index (χ4v) is 2.54. The number of benzene rings is 1. The van der Waals surface area contributed by atoms with Gasteiger partial charge in [0, 0.05) is 21.5 Å². The van der Waals surface area contributed by atoms with Gasteiger partial charge in [-0.25, -0.2) is 0 Å². The zero-order valence-corrected chi connectivity index (χ0v) is 13.4. The van der Waals surface area contributed by atoms with E-state index < -0.39 is 0 Å². The van der Waals surface area contributed by atoms with Crippen molar-refractivity contribution >= 4 is 22.6 Å². The highest BCUT2D eigenvalue weighted by Crippen LogP contribution is 2.31. The quantitative estimate of drug-likeness (QED) is 0.688. The van der Waals surface area contributed by atoms with Crippen LogP contribution in [0.15, 0.2) is 41.2 Å². The van der Waals surface area contributed by atoms with Crippen molar-refractivity contribution in [2.45, 2.75) is 13.3 Å². The third-order valence-corrected chi connectivity index (χ3v) is 3.81. The van der Waals surface area contributed by atoms with Crippen LogP contribution in [0.5, 0.6) is 5.75 Å². The number of aromatic hydroxyl groups is 1. The van der Waals surface area contributed by atoms with Gasteiger partial charge in [0.15, 0.2) is 0 Å². The highest BCUT2D eigenvalue weighted by atomic mass is 127. The number of phenolic OH excluding ortho intramolecular Hbond substituents is 1. The second kappa shape index (κ2) is 5.80. The number of rotatable bonds is 3. The van der Waals surface area contributed by atoms with Gasteiger partial charge in [-0.3, -0.25) is 4.98 Å². The van der Waals surface area contributed by atoms with E-state index >= 15 is 0 Å². The van der Waals surface area contributed by atoms with Gasteiger partial charge < -0.3 is 9.63 Å². The van der Waals surface area contributed by atoms with E-state index in [1.807, 2.05) is 19.1 Å². The molecule has 0 spiro atoms. The smallest absolute Gasteiger partial charge is 0.262 e. The molecule has 0 bridgehead atoms. The molecule has 0 aliphatic heterocycles. The molecule has 0 saturated heterocycles. The fourth-order valence-electron chi connectivity index (χ4n) is 2.05. The molecule has 0 aliphatic carbocycles. The van der Waals surface area contributed by atoms with Crippen molar-refractivity contribution in [3.63, 3.8) is 0 Å². The molecule has 0 unspecified atom stereocenters. The van der Waals surface area contributed by atoms with Crippen molar-refractivity contribution in [2.75, 3.05) is 0 Å². The number of hydrogen-bond acceptors (Lipinski definition) is 5. The van der Waals surface area contributed by atoms with E-state index in [9.17, 15) is 5.11 Å². The van der Waals surface area contributed by atoms with E-state index in [-0.39, 0.29) is 5.75 Å². The standard InChI is InChI=1S/C15H12IN3O2/c1-2-9-8-17-6-5-11(9)14-18-15(21-19-14)12-7-10(16)3-4-13(12)20/h3-8,20H,2H2,1H3. The molecule has 0 atom stereocenters. The first-order valence-electron chi connectivity index (χ1n) is 6.45. The molecule has 5 nitrogen and oxygen atoms in total. The lowest BCUT2D eigenvalue weighted by molar-refractivity contribution is 0.425. The van der Waals surface area contributed by atoms with E-state index in [4.69, 9.17) is 4.52 Å². The van der Waals surface area contributed by atoms with E-state index in [0.29, 0.717) is 17.3 Å². The number of hydrogen-bond donors (Lipinski definition) is 1. The van der Waals surface area contributed by atoms with E-state index in [1.54, 1.807) is 24.5 Å². The Morgan fingerprint density at radius 2 is 2.10 bits per heavy atom. The van der Waals surface area contributed by atoms with Gasteiger partial charge >= 0.3 is 0 Å². The second-order valence-corrected chi connectivity index (χ2v) is 5.72. The third kappa shape index (κ3) is 2.76. The maximum atomic E-state index is 9.93. The van der Waals surface area contributed by atoms with Crippen LogP contribution in [0.4, 0.5) is 0 Å². The SMILES string of the molecule is CCc1cnccc1-c1noc(-c2cc(I)ccc2O)n1. The molecule has 2 heterocycles. The van der Waals surface area contributed by atoms with Crippen LogP contribution in [-0.4, -0.2) is 20.2 Å². The Labute approximate surface area is 135 Å². The lowest BCUT2D eigenvalue weighted by Crippen LogP contribution is -1.90. The van der Waals surface area contributed by atoms with Gasteiger partial charge in [0.25, 0.3) is 5.89 Å². The van der Waals surface area contributed by atoms with Crippen LogP contribution in [-0.2, 0) is 6.42 Å². The van der Waals surface area contributed by atoms with E-state index in [0.717, 1.165) is 21.1 Å². The first-order valence-corrected chi connectivity index (χ1v) is 7.52. The molecule has 0 fully saturated rings. The summed E-state index contributed by atoms with van der Waals surface area (Å²) in [6.45, 7) is 2.05. The molecule has 0 radical (unpaired) electrons. The van der Waals surface area contributed by atoms with Crippen LogP contribution in [0.25, 0.3) is 22.8 Å². The number of pyridine rings is 1. The van der Waals surface area contributed by atoms with Gasteiger partial charge in [0.1, 0.15) is 5.75 Å². The highest BCUT2D eigenvalue weighted by molar-refractivity contribution is 14.1. The predicted molar refractivity (Wildman–Crippen MR) is 86.7 cm³/mol. The zero-order valence-electron chi connectivity index (χ0n) is 11.2. The van der Waals surface area contributed by atoms with Crippen molar-refractivity contribution in [3.05, 3.63) is 45.8 Å². The molecular weight excluding hydrogens is 381 g/mol. The van der Waals surface area contributed by atoms with Gasteiger partial charge in [0.2, 0.25) is 5.82 Å². The summed E-state index contributed by atoms with van der Waals surface area (Å²) in [6, 6.07) is 7.10. The van der Waals surface area contributed by atoms with Gasteiger partial charge in [-0.1, -0.05) is 12.1 Å². The molecule has 0 amide bonds. The van der Waals surface area contributed by atoms with Crippen molar-refractivity contribution in [1.82, 2.24) is 15.1 Å². The molecule has 2 aromatic heterocycles. The summed E-state index contributed by atoms with van der Waals surface area (Å²) >= 11 is 2.17. The van der Waals surface area contributed by atoms with E-state index in [2.05, 4.69) is 37.7 Å². The lowest BCUT2D eigenvalue weighted by Gasteiger charge is -2.01. The van der Waals surface area contributed by atoms with Crippen molar-refractivity contribution in [1.29, 1.82) is 0 Å². The Morgan fingerprint density at radius 3 is 2.90 bits per heavy atom. The van der Waals surface area contributed by atoms with Gasteiger partial charge in [-0.15, -0.1) is 0 Å². The monoisotopic (exact) mass is 393 g/mol. The predicted octanol–water partition coefficient (Wildman–Crippen LogP) is 3.67. The highest BCUT2D eigenvalue weighted by Gasteiger charge is 2.16. The van der Waals surface area contributed by atoms with Gasteiger partial charge in [0.05, 0.1) is 5.56 Å². The van der Waals surface area contributed by atoms with Crippen molar-refractivity contribution in [3.8, 4) is 28.6 Å². The van der Waals surface area contributed by atoms with Crippen LogP contribution in [0, 0.1) is 3.57 Å².